The molecule has 2 N–H and O–H groups in total. The van der Waals surface area contributed by atoms with Gasteiger partial charge in [-0.2, -0.15) is 13.2 Å². The molecule has 0 aromatic heterocycles. The van der Waals surface area contributed by atoms with Crippen LogP contribution in [0.15, 0.2) is 30.3 Å². The van der Waals surface area contributed by atoms with Gasteiger partial charge in [-0.3, -0.25) is 0 Å². The van der Waals surface area contributed by atoms with Crippen LogP contribution in [-0.4, -0.2) is 23.3 Å². The Kier molecular flexibility index (Phi) is 7.04. The molecule has 0 unspecified atom stereocenters. The highest BCUT2D eigenvalue weighted by Gasteiger charge is 2.38. The Balaban J connectivity index is 0.000000360. The molecule has 3 nitrogen and oxygen atoms in total. The summed E-state index contributed by atoms with van der Waals surface area (Å²) in [6.07, 6.45) is -5.08. The molecule has 0 aliphatic rings. The van der Waals surface area contributed by atoms with E-state index in [0.717, 1.165) is 6.54 Å². The number of rotatable bonds is 3. The predicted octanol–water partition coefficient (Wildman–Crippen LogP) is 2.82. The minimum atomic E-state index is -5.08. The summed E-state index contributed by atoms with van der Waals surface area (Å²) < 4.78 is 31.7. The first kappa shape index (κ1) is 16.4. The Morgan fingerprint density at radius 2 is 1.72 bits per heavy atom. The number of hydrogen-bond donors (Lipinski definition) is 2. The lowest BCUT2D eigenvalue weighted by Crippen LogP contribution is -2.21. The lowest BCUT2D eigenvalue weighted by atomic mass is 10.2. The van der Waals surface area contributed by atoms with Crippen LogP contribution in [0.2, 0.25) is 0 Å². The predicted molar refractivity (Wildman–Crippen MR) is 62.1 cm³/mol. The molecule has 0 atom stereocenters. The van der Waals surface area contributed by atoms with Crippen molar-refractivity contribution in [3.05, 3.63) is 35.9 Å². The Morgan fingerprint density at radius 1 is 1.28 bits per heavy atom. The summed E-state index contributed by atoms with van der Waals surface area (Å²) in [6.45, 7) is 5.28. The van der Waals surface area contributed by atoms with E-state index in [1.807, 2.05) is 6.07 Å². The maximum Gasteiger partial charge on any atom is 0.490 e. The molecular formula is C12H16F3NO2. The summed E-state index contributed by atoms with van der Waals surface area (Å²) in [4.78, 5) is 8.90. The highest BCUT2D eigenvalue weighted by Crippen LogP contribution is 2.13. The highest BCUT2D eigenvalue weighted by atomic mass is 19.4. The number of nitrogens with one attached hydrogen (secondary N) is 1. The standard InChI is InChI=1S/C10H15N.C2HF3O2/c1-9(2)11-8-10-6-4-3-5-7-10;3-2(4,5)1(6)7/h3-7,9,11H,8H2,1-2H3;(H,6,7). The van der Waals surface area contributed by atoms with Crippen molar-refractivity contribution >= 4 is 5.97 Å². The van der Waals surface area contributed by atoms with Gasteiger partial charge in [0.1, 0.15) is 0 Å². The molecule has 0 heterocycles. The van der Waals surface area contributed by atoms with Crippen molar-refractivity contribution in [2.45, 2.75) is 32.6 Å². The summed E-state index contributed by atoms with van der Waals surface area (Å²) in [5, 5.41) is 10.5. The van der Waals surface area contributed by atoms with Crippen LogP contribution < -0.4 is 5.32 Å². The van der Waals surface area contributed by atoms with Crippen molar-refractivity contribution in [3.8, 4) is 0 Å². The monoisotopic (exact) mass is 263 g/mol. The normalized spacial score (nSPS) is 10.8. The van der Waals surface area contributed by atoms with Crippen LogP contribution in [0, 0.1) is 0 Å². The first-order valence-electron chi connectivity index (χ1n) is 5.31. The lowest BCUT2D eigenvalue weighted by molar-refractivity contribution is -0.192. The molecule has 0 radical (unpaired) electrons. The van der Waals surface area contributed by atoms with E-state index < -0.39 is 12.1 Å². The minimum absolute atomic E-state index is 0.565. The summed E-state index contributed by atoms with van der Waals surface area (Å²) >= 11 is 0. The number of carboxylic acid groups (broad SMARTS) is 1. The molecule has 1 aromatic rings. The SMILES string of the molecule is CC(C)NCc1ccccc1.O=C(O)C(F)(F)F. The third-order valence-electron chi connectivity index (χ3n) is 1.80. The first-order valence-corrected chi connectivity index (χ1v) is 5.31. The molecule has 0 spiro atoms. The van der Waals surface area contributed by atoms with Gasteiger partial charge in [-0.05, 0) is 5.56 Å². The van der Waals surface area contributed by atoms with Crippen LogP contribution in [0.3, 0.4) is 0 Å². The zero-order valence-electron chi connectivity index (χ0n) is 10.2. The quantitative estimate of drug-likeness (QED) is 0.881. The van der Waals surface area contributed by atoms with Crippen molar-refractivity contribution in [2.75, 3.05) is 0 Å². The van der Waals surface area contributed by atoms with E-state index in [1.54, 1.807) is 0 Å². The van der Waals surface area contributed by atoms with Crippen molar-refractivity contribution in [1.82, 2.24) is 5.32 Å². The van der Waals surface area contributed by atoms with Crippen LogP contribution >= 0.6 is 0 Å². The molecule has 0 aliphatic heterocycles. The average molecular weight is 263 g/mol. The first-order chi connectivity index (χ1) is 8.23. The number of aliphatic carboxylic acids is 1. The van der Waals surface area contributed by atoms with Crippen molar-refractivity contribution in [3.63, 3.8) is 0 Å². The van der Waals surface area contributed by atoms with Gasteiger partial charge in [0, 0.05) is 12.6 Å². The second kappa shape index (κ2) is 7.71. The van der Waals surface area contributed by atoms with Gasteiger partial charge in [-0.25, -0.2) is 4.79 Å². The Bertz CT molecular complexity index is 350. The smallest absolute Gasteiger partial charge is 0.475 e. The van der Waals surface area contributed by atoms with E-state index in [9.17, 15) is 13.2 Å². The molecule has 18 heavy (non-hydrogen) atoms. The molecule has 0 fully saturated rings. The number of carboxylic acids is 1. The van der Waals surface area contributed by atoms with E-state index in [1.165, 1.54) is 5.56 Å². The summed E-state index contributed by atoms with van der Waals surface area (Å²) in [7, 11) is 0. The van der Waals surface area contributed by atoms with Crippen LogP contribution in [-0.2, 0) is 11.3 Å². The summed E-state index contributed by atoms with van der Waals surface area (Å²) in [5.74, 6) is -2.76. The van der Waals surface area contributed by atoms with Gasteiger partial charge in [0.05, 0.1) is 0 Å². The molecule has 0 saturated carbocycles. The van der Waals surface area contributed by atoms with Gasteiger partial charge in [-0.15, -0.1) is 0 Å². The lowest BCUT2D eigenvalue weighted by Gasteiger charge is -2.06. The second-order valence-corrected chi connectivity index (χ2v) is 3.82. The van der Waals surface area contributed by atoms with Gasteiger partial charge in [0.2, 0.25) is 0 Å². The van der Waals surface area contributed by atoms with Crippen molar-refractivity contribution in [1.29, 1.82) is 0 Å². The largest absolute Gasteiger partial charge is 0.490 e. The van der Waals surface area contributed by atoms with Crippen molar-refractivity contribution < 1.29 is 23.1 Å². The third-order valence-corrected chi connectivity index (χ3v) is 1.80. The summed E-state index contributed by atoms with van der Waals surface area (Å²) in [5.41, 5.74) is 1.35. The minimum Gasteiger partial charge on any atom is -0.475 e. The Hall–Kier alpha value is -1.56. The fourth-order valence-electron chi connectivity index (χ4n) is 0.918. The number of carbonyl (C=O) groups is 1. The number of benzene rings is 1. The molecule has 6 heteroatoms. The maximum atomic E-state index is 10.6. The van der Waals surface area contributed by atoms with Gasteiger partial charge in [0.15, 0.2) is 0 Å². The molecule has 102 valence electrons. The van der Waals surface area contributed by atoms with Gasteiger partial charge < -0.3 is 10.4 Å². The van der Waals surface area contributed by atoms with E-state index in [0.29, 0.717) is 6.04 Å². The average Bonchev–Trinajstić information content (AvgIpc) is 2.27. The molecule has 0 aliphatic carbocycles. The van der Waals surface area contributed by atoms with Crippen molar-refractivity contribution in [2.24, 2.45) is 0 Å². The molecule has 0 amide bonds. The van der Waals surface area contributed by atoms with Gasteiger partial charge >= 0.3 is 12.1 Å². The number of hydrogen-bond acceptors (Lipinski definition) is 2. The molecule has 0 bridgehead atoms. The van der Waals surface area contributed by atoms with Crippen LogP contribution in [0.5, 0.6) is 0 Å². The molecule has 0 saturated heterocycles. The van der Waals surface area contributed by atoms with Crippen LogP contribution in [0.25, 0.3) is 0 Å². The van der Waals surface area contributed by atoms with E-state index in [4.69, 9.17) is 9.90 Å². The number of alkyl halides is 3. The molecule has 1 rings (SSSR count). The fourth-order valence-corrected chi connectivity index (χ4v) is 0.918. The summed E-state index contributed by atoms with van der Waals surface area (Å²) in [6, 6.07) is 11.0. The van der Waals surface area contributed by atoms with Gasteiger partial charge in [-0.1, -0.05) is 44.2 Å². The van der Waals surface area contributed by atoms with Crippen LogP contribution in [0.4, 0.5) is 13.2 Å². The number of halogens is 3. The van der Waals surface area contributed by atoms with E-state index in [-0.39, 0.29) is 0 Å². The van der Waals surface area contributed by atoms with E-state index >= 15 is 0 Å². The van der Waals surface area contributed by atoms with Crippen LogP contribution in [0.1, 0.15) is 19.4 Å². The Morgan fingerprint density at radius 3 is 2.06 bits per heavy atom. The molecular weight excluding hydrogens is 247 g/mol. The Labute approximate surface area is 104 Å². The fraction of sp³-hybridized carbons (Fsp3) is 0.417. The zero-order chi connectivity index (χ0) is 14.2. The van der Waals surface area contributed by atoms with E-state index in [2.05, 4.69) is 43.4 Å². The zero-order valence-corrected chi connectivity index (χ0v) is 10.2. The topological polar surface area (TPSA) is 49.3 Å². The highest BCUT2D eigenvalue weighted by molar-refractivity contribution is 5.73. The van der Waals surface area contributed by atoms with Gasteiger partial charge in [0.25, 0.3) is 0 Å². The third kappa shape index (κ3) is 8.58. The maximum absolute atomic E-state index is 10.6. The molecule has 1 aromatic carbocycles. The second-order valence-electron chi connectivity index (χ2n) is 3.82.